The van der Waals surface area contributed by atoms with E-state index >= 15 is 0 Å². The Bertz CT molecular complexity index is 650. The average molecular weight is 344 g/mol. The van der Waals surface area contributed by atoms with Crippen molar-refractivity contribution in [2.45, 2.75) is 51.0 Å². The van der Waals surface area contributed by atoms with Crippen molar-refractivity contribution in [1.29, 1.82) is 0 Å². The highest BCUT2D eigenvalue weighted by atomic mass is 16.4. The molecule has 0 aliphatic heterocycles. The molecule has 25 heavy (non-hydrogen) atoms. The average Bonchev–Trinajstić information content (AvgIpc) is 3.27. The van der Waals surface area contributed by atoms with Crippen LogP contribution in [0.3, 0.4) is 0 Å². The Hall–Kier alpha value is -2.37. The van der Waals surface area contributed by atoms with Crippen LogP contribution < -0.4 is 10.6 Å². The van der Waals surface area contributed by atoms with Gasteiger partial charge in [-0.15, -0.1) is 0 Å². The molecule has 134 valence electrons. The number of aliphatic carboxylic acids is 1. The molecule has 0 saturated heterocycles. The van der Waals surface area contributed by atoms with E-state index in [9.17, 15) is 14.4 Å². The molecular formula is C19H24N2O4. The Morgan fingerprint density at radius 2 is 1.56 bits per heavy atom. The van der Waals surface area contributed by atoms with E-state index in [1.807, 2.05) is 0 Å². The van der Waals surface area contributed by atoms with E-state index in [1.54, 1.807) is 24.3 Å². The fourth-order valence-electron chi connectivity index (χ4n) is 3.73. The molecule has 2 fully saturated rings. The third-order valence-corrected chi connectivity index (χ3v) is 5.26. The first kappa shape index (κ1) is 17.5. The SMILES string of the molecule is O=C(NC1CCCC1)c1ccc(NC(=O)[C@H]2CC[C@@H](C(=O)O)C2)cc1. The van der Waals surface area contributed by atoms with Crippen molar-refractivity contribution in [3.8, 4) is 0 Å². The number of hydrogen-bond acceptors (Lipinski definition) is 3. The number of carbonyl (C=O) groups excluding carboxylic acids is 2. The molecule has 2 amide bonds. The van der Waals surface area contributed by atoms with Crippen molar-refractivity contribution >= 4 is 23.5 Å². The largest absolute Gasteiger partial charge is 0.481 e. The van der Waals surface area contributed by atoms with Crippen molar-refractivity contribution in [2.75, 3.05) is 5.32 Å². The van der Waals surface area contributed by atoms with Gasteiger partial charge in [0.2, 0.25) is 5.91 Å². The molecule has 0 radical (unpaired) electrons. The van der Waals surface area contributed by atoms with Gasteiger partial charge in [-0.3, -0.25) is 14.4 Å². The van der Waals surface area contributed by atoms with E-state index in [0.717, 1.165) is 12.8 Å². The second-order valence-electron chi connectivity index (χ2n) is 7.07. The van der Waals surface area contributed by atoms with E-state index in [2.05, 4.69) is 10.6 Å². The number of anilines is 1. The summed E-state index contributed by atoms with van der Waals surface area (Å²) in [5, 5.41) is 14.9. The number of hydrogen-bond donors (Lipinski definition) is 3. The molecule has 6 nitrogen and oxygen atoms in total. The molecule has 0 aromatic heterocycles. The lowest BCUT2D eigenvalue weighted by atomic mass is 10.0. The minimum absolute atomic E-state index is 0.0788. The van der Waals surface area contributed by atoms with Gasteiger partial charge in [0.1, 0.15) is 0 Å². The van der Waals surface area contributed by atoms with E-state index in [4.69, 9.17) is 5.11 Å². The van der Waals surface area contributed by atoms with Gasteiger partial charge in [-0.25, -0.2) is 0 Å². The summed E-state index contributed by atoms with van der Waals surface area (Å²) in [6.07, 6.45) is 5.96. The summed E-state index contributed by atoms with van der Waals surface area (Å²) in [6, 6.07) is 7.11. The lowest BCUT2D eigenvalue weighted by Crippen LogP contribution is -2.32. The second-order valence-corrected chi connectivity index (χ2v) is 7.07. The Labute approximate surface area is 147 Å². The van der Waals surface area contributed by atoms with Crippen LogP contribution in [0, 0.1) is 11.8 Å². The molecular weight excluding hydrogens is 320 g/mol. The zero-order valence-electron chi connectivity index (χ0n) is 14.2. The van der Waals surface area contributed by atoms with Crippen molar-refractivity contribution in [3.05, 3.63) is 29.8 Å². The van der Waals surface area contributed by atoms with Gasteiger partial charge >= 0.3 is 5.97 Å². The first-order valence-electron chi connectivity index (χ1n) is 8.97. The number of amides is 2. The van der Waals surface area contributed by atoms with Crippen LogP contribution in [0.2, 0.25) is 0 Å². The number of rotatable bonds is 5. The Balaban J connectivity index is 1.52. The topological polar surface area (TPSA) is 95.5 Å². The van der Waals surface area contributed by atoms with Gasteiger partial charge in [-0.2, -0.15) is 0 Å². The quantitative estimate of drug-likeness (QED) is 0.765. The van der Waals surface area contributed by atoms with Crippen LogP contribution in [0.5, 0.6) is 0 Å². The number of carboxylic acids is 1. The van der Waals surface area contributed by atoms with Gasteiger partial charge in [0.15, 0.2) is 0 Å². The molecule has 2 atom stereocenters. The smallest absolute Gasteiger partial charge is 0.306 e. The maximum absolute atomic E-state index is 12.2. The number of nitrogens with one attached hydrogen (secondary N) is 2. The Kier molecular flexibility index (Phi) is 5.36. The second kappa shape index (κ2) is 7.68. The van der Waals surface area contributed by atoms with E-state index in [1.165, 1.54) is 12.8 Å². The van der Waals surface area contributed by atoms with Gasteiger partial charge < -0.3 is 15.7 Å². The molecule has 2 aliphatic rings. The first-order valence-corrected chi connectivity index (χ1v) is 8.97. The van der Waals surface area contributed by atoms with Gasteiger partial charge in [-0.1, -0.05) is 12.8 Å². The third kappa shape index (κ3) is 4.38. The number of carbonyl (C=O) groups is 3. The summed E-state index contributed by atoms with van der Waals surface area (Å²) in [4.78, 5) is 35.4. The van der Waals surface area contributed by atoms with Gasteiger partial charge in [0.05, 0.1) is 5.92 Å². The molecule has 1 aromatic carbocycles. The molecule has 2 aliphatic carbocycles. The summed E-state index contributed by atoms with van der Waals surface area (Å²) < 4.78 is 0. The highest BCUT2D eigenvalue weighted by Crippen LogP contribution is 2.32. The zero-order chi connectivity index (χ0) is 17.8. The summed E-state index contributed by atoms with van der Waals surface area (Å²) >= 11 is 0. The van der Waals surface area contributed by atoms with Crippen molar-refractivity contribution in [2.24, 2.45) is 11.8 Å². The van der Waals surface area contributed by atoms with Crippen LogP contribution in [0.1, 0.15) is 55.3 Å². The fraction of sp³-hybridized carbons (Fsp3) is 0.526. The molecule has 2 saturated carbocycles. The van der Waals surface area contributed by atoms with Gasteiger partial charge in [-0.05, 0) is 56.4 Å². The summed E-state index contributed by atoms with van der Waals surface area (Å²) in [7, 11) is 0. The predicted molar refractivity (Wildman–Crippen MR) is 93.3 cm³/mol. The summed E-state index contributed by atoms with van der Waals surface area (Å²) in [5.74, 6) is -1.73. The van der Waals surface area contributed by atoms with Crippen molar-refractivity contribution < 1.29 is 19.5 Å². The molecule has 0 spiro atoms. The van der Waals surface area contributed by atoms with E-state index in [-0.39, 0.29) is 23.8 Å². The number of carboxylic acid groups (broad SMARTS) is 1. The number of benzene rings is 1. The molecule has 1 aromatic rings. The highest BCUT2D eigenvalue weighted by Gasteiger charge is 2.33. The fourth-order valence-corrected chi connectivity index (χ4v) is 3.73. The molecule has 0 heterocycles. The first-order chi connectivity index (χ1) is 12.0. The molecule has 0 unspecified atom stereocenters. The normalized spacial score (nSPS) is 23.4. The van der Waals surface area contributed by atoms with Gasteiger partial charge in [0, 0.05) is 23.2 Å². The summed E-state index contributed by atoms with van der Waals surface area (Å²) in [6.45, 7) is 0. The standard InChI is InChI=1S/C19H24N2O4/c22-17(20-15-3-1-2-4-15)12-7-9-16(10-8-12)21-18(23)13-5-6-14(11-13)19(24)25/h7-10,13-15H,1-6,11H2,(H,20,22)(H,21,23)(H,24,25)/t13-,14+/m0/s1. The molecule has 0 bridgehead atoms. The lowest BCUT2D eigenvalue weighted by molar-refractivity contribution is -0.141. The maximum atomic E-state index is 12.2. The summed E-state index contributed by atoms with van der Waals surface area (Å²) in [5.41, 5.74) is 1.21. The van der Waals surface area contributed by atoms with Gasteiger partial charge in [0.25, 0.3) is 5.91 Å². The zero-order valence-corrected chi connectivity index (χ0v) is 14.2. The van der Waals surface area contributed by atoms with Crippen LogP contribution in [0.4, 0.5) is 5.69 Å². The lowest BCUT2D eigenvalue weighted by Gasteiger charge is -2.13. The van der Waals surface area contributed by atoms with Crippen LogP contribution >= 0.6 is 0 Å². The Morgan fingerprint density at radius 3 is 2.16 bits per heavy atom. The molecule has 6 heteroatoms. The minimum Gasteiger partial charge on any atom is -0.481 e. The van der Waals surface area contributed by atoms with Crippen LogP contribution in [-0.2, 0) is 9.59 Å². The Morgan fingerprint density at radius 1 is 0.920 bits per heavy atom. The minimum atomic E-state index is -0.826. The van der Waals surface area contributed by atoms with Crippen LogP contribution in [0.15, 0.2) is 24.3 Å². The monoisotopic (exact) mass is 344 g/mol. The van der Waals surface area contributed by atoms with Crippen molar-refractivity contribution in [3.63, 3.8) is 0 Å². The van der Waals surface area contributed by atoms with Crippen LogP contribution in [0.25, 0.3) is 0 Å². The molecule has 3 rings (SSSR count). The van der Waals surface area contributed by atoms with E-state index in [0.29, 0.717) is 30.5 Å². The maximum Gasteiger partial charge on any atom is 0.306 e. The van der Waals surface area contributed by atoms with E-state index < -0.39 is 11.9 Å². The molecule has 3 N–H and O–H groups in total. The highest BCUT2D eigenvalue weighted by molar-refractivity contribution is 5.96. The van der Waals surface area contributed by atoms with Crippen LogP contribution in [-0.4, -0.2) is 28.9 Å². The van der Waals surface area contributed by atoms with Crippen molar-refractivity contribution in [1.82, 2.24) is 5.32 Å². The predicted octanol–water partition coefficient (Wildman–Crippen LogP) is 2.80. The third-order valence-electron chi connectivity index (χ3n) is 5.26.